The van der Waals surface area contributed by atoms with E-state index in [2.05, 4.69) is 29.2 Å². The van der Waals surface area contributed by atoms with E-state index in [1.54, 1.807) is 24.1 Å². The van der Waals surface area contributed by atoms with Crippen molar-refractivity contribution in [2.24, 2.45) is 7.05 Å². The van der Waals surface area contributed by atoms with Crippen LogP contribution in [-0.4, -0.2) is 40.1 Å². The fourth-order valence-corrected chi connectivity index (χ4v) is 4.43. The first-order valence-electron chi connectivity index (χ1n) is 9.63. The molecule has 1 aromatic heterocycles. The zero-order chi connectivity index (χ0) is 19.6. The van der Waals surface area contributed by atoms with Crippen molar-refractivity contribution in [3.05, 3.63) is 90.0 Å². The lowest BCUT2D eigenvalue weighted by Crippen LogP contribution is -2.52. The Labute approximate surface area is 165 Å². The molecule has 1 aliphatic rings. The molecule has 5 heteroatoms. The Morgan fingerprint density at radius 3 is 2.18 bits per heavy atom. The molecule has 0 radical (unpaired) electrons. The van der Waals surface area contributed by atoms with Gasteiger partial charge < -0.3 is 14.2 Å². The number of ether oxygens (including phenoxy) is 1. The summed E-state index contributed by atoms with van der Waals surface area (Å²) in [4.78, 5) is 19.6. The Hall–Kier alpha value is -2.92. The van der Waals surface area contributed by atoms with E-state index in [1.165, 1.54) is 0 Å². The van der Waals surface area contributed by atoms with E-state index in [0.717, 1.165) is 24.0 Å². The van der Waals surface area contributed by atoms with Crippen molar-refractivity contribution in [1.29, 1.82) is 0 Å². The molecular formula is C23H25N3O2. The minimum Gasteiger partial charge on any atom is -0.367 e. The van der Waals surface area contributed by atoms with Crippen LogP contribution in [0.4, 0.5) is 0 Å². The number of benzene rings is 2. The maximum atomic E-state index is 13.4. The molecule has 0 unspecified atom stereocenters. The van der Waals surface area contributed by atoms with Gasteiger partial charge in [-0.25, -0.2) is 4.98 Å². The predicted octanol–water partition coefficient (Wildman–Crippen LogP) is 3.61. The van der Waals surface area contributed by atoms with Crippen molar-refractivity contribution in [3.8, 4) is 0 Å². The first-order chi connectivity index (χ1) is 13.7. The molecular weight excluding hydrogens is 350 g/mol. The lowest BCUT2D eigenvalue weighted by atomic mass is 9.78. The molecule has 2 aromatic carbocycles. The molecule has 1 atom stereocenters. The van der Waals surface area contributed by atoms with Gasteiger partial charge in [-0.3, -0.25) is 4.79 Å². The molecule has 1 fully saturated rings. The fourth-order valence-electron chi connectivity index (χ4n) is 4.43. The summed E-state index contributed by atoms with van der Waals surface area (Å²) in [6.45, 7) is 0.696. The number of aromatic nitrogens is 2. The molecule has 1 saturated heterocycles. The minimum atomic E-state index is -0.736. The standard InChI is InChI=1S/C23H25N3O2/c1-25-17-15-24-21(25)22(27)26-16-9-14-20(26)23(28-2,18-10-5-3-6-11-18)19-12-7-4-8-13-19/h3-8,10-13,15,17,20H,9,14,16H2,1-2H3/t20-/m0/s1. The average molecular weight is 375 g/mol. The second-order valence-electron chi connectivity index (χ2n) is 7.19. The molecule has 1 aliphatic heterocycles. The van der Waals surface area contributed by atoms with Gasteiger partial charge in [-0.1, -0.05) is 60.7 Å². The maximum absolute atomic E-state index is 13.4. The van der Waals surface area contributed by atoms with Crippen LogP contribution >= 0.6 is 0 Å². The summed E-state index contributed by atoms with van der Waals surface area (Å²) < 4.78 is 8.08. The Bertz CT molecular complexity index is 897. The highest BCUT2D eigenvalue weighted by atomic mass is 16.5. The SMILES string of the molecule is COC(c1ccccc1)(c1ccccc1)[C@@H]1CCCN1C(=O)c1nccn1C. The van der Waals surface area contributed by atoms with Gasteiger partial charge in [-0.05, 0) is 24.0 Å². The highest BCUT2D eigenvalue weighted by molar-refractivity contribution is 5.91. The molecule has 0 N–H and O–H groups in total. The van der Waals surface area contributed by atoms with Gasteiger partial charge in [-0.15, -0.1) is 0 Å². The Morgan fingerprint density at radius 1 is 1.07 bits per heavy atom. The van der Waals surface area contributed by atoms with E-state index in [0.29, 0.717) is 12.4 Å². The predicted molar refractivity (Wildman–Crippen MR) is 108 cm³/mol. The topological polar surface area (TPSA) is 47.4 Å². The summed E-state index contributed by atoms with van der Waals surface area (Å²) in [6, 6.07) is 20.3. The summed E-state index contributed by atoms with van der Waals surface area (Å²) in [7, 11) is 3.59. The summed E-state index contributed by atoms with van der Waals surface area (Å²) >= 11 is 0. The van der Waals surface area contributed by atoms with Gasteiger partial charge in [-0.2, -0.15) is 0 Å². The number of nitrogens with zero attached hydrogens (tertiary/aromatic N) is 3. The zero-order valence-corrected chi connectivity index (χ0v) is 16.3. The second-order valence-corrected chi connectivity index (χ2v) is 7.19. The van der Waals surface area contributed by atoms with E-state index >= 15 is 0 Å². The van der Waals surface area contributed by atoms with E-state index in [9.17, 15) is 4.79 Å². The van der Waals surface area contributed by atoms with Gasteiger partial charge in [0.1, 0.15) is 5.60 Å². The fraction of sp³-hybridized carbons (Fsp3) is 0.304. The first-order valence-corrected chi connectivity index (χ1v) is 9.63. The Balaban J connectivity index is 1.84. The summed E-state index contributed by atoms with van der Waals surface area (Å²) in [6.07, 6.45) is 5.27. The number of hydrogen-bond acceptors (Lipinski definition) is 3. The maximum Gasteiger partial charge on any atom is 0.290 e. The van der Waals surface area contributed by atoms with Crippen molar-refractivity contribution in [2.45, 2.75) is 24.5 Å². The molecule has 3 aromatic rings. The molecule has 28 heavy (non-hydrogen) atoms. The van der Waals surface area contributed by atoms with Crippen LogP contribution in [0.1, 0.15) is 34.6 Å². The number of hydrogen-bond donors (Lipinski definition) is 0. The lowest BCUT2D eigenvalue weighted by Gasteiger charge is -2.42. The van der Waals surface area contributed by atoms with Crippen LogP contribution in [0.5, 0.6) is 0 Å². The Kier molecular flexibility index (Phi) is 5.01. The normalized spacial score (nSPS) is 17.1. The molecule has 0 bridgehead atoms. The first kappa shape index (κ1) is 18.4. The van der Waals surface area contributed by atoms with Crippen LogP contribution in [0.15, 0.2) is 73.1 Å². The molecule has 144 valence electrons. The van der Waals surface area contributed by atoms with Gasteiger partial charge in [0, 0.05) is 33.1 Å². The van der Waals surface area contributed by atoms with Crippen molar-refractivity contribution in [2.75, 3.05) is 13.7 Å². The Morgan fingerprint density at radius 2 is 1.68 bits per heavy atom. The molecule has 0 saturated carbocycles. The average Bonchev–Trinajstić information content (AvgIpc) is 3.40. The number of likely N-dealkylation sites (tertiary alicyclic amines) is 1. The molecule has 0 spiro atoms. The number of aryl methyl sites for hydroxylation is 1. The molecule has 5 nitrogen and oxygen atoms in total. The van der Waals surface area contributed by atoms with Crippen LogP contribution in [0.3, 0.4) is 0 Å². The third-order valence-corrected chi connectivity index (χ3v) is 5.72. The molecule has 1 amide bonds. The summed E-state index contributed by atoms with van der Waals surface area (Å²) in [5.41, 5.74) is 1.36. The van der Waals surface area contributed by atoms with Crippen molar-refractivity contribution < 1.29 is 9.53 Å². The van der Waals surface area contributed by atoms with Gasteiger partial charge in [0.05, 0.1) is 6.04 Å². The number of amides is 1. The number of imidazole rings is 1. The van der Waals surface area contributed by atoms with Gasteiger partial charge in [0.15, 0.2) is 5.82 Å². The lowest BCUT2D eigenvalue weighted by molar-refractivity contribution is -0.0364. The largest absolute Gasteiger partial charge is 0.367 e. The van der Waals surface area contributed by atoms with E-state index < -0.39 is 5.60 Å². The van der Waals surface area contributed by atoms with Crippen LogP contribution in [-0.2, 0) is 17.4 Å². The van der Waals surface area contributed by atoms with Gasteiger partial charge in [0.2, 0.25) is 0 Å². The van der Waals surface area contributed by atoms with Crippen LogP contribution in [0.2, 0.25) is 0 Å². The summed E-state index contributed by atoms with van der Waals surface area (Å²) in [5.74, 6) is 0.404. The third-order valence-electron chi connectivity index (χ3n) is 5.72. The summed E-state index contributed by atoms with van der Waals surface area (Å²) in [5, 5.41) is 0. The highest BCUT2D eigenvalue weighted by Gasteiger charge is 2.49. The van der Waals surface area contributed by atoms with E-state index in [4.69, 9.17) is 4.74 Å². The van der Waals surface area contributed by atoms with Crippen molar-refractivity contribution >= 4 is 5.91 Å². The number of rotatable bonds is 5. The van der Waals surface area contributed by atoms with Crippen LogP contribution in [0.25, 0.3) is 0 Å². The molecule has 4 rings (SSSR count). The zero-order valence-electron chi connectivity index (χ0n) is 16.3. The smallest absolute Gasteiger partial charge is 0.290 e. The highest BCUT2D eigenvalue weighted by Crippen LogP contribution is 2.43. The second kappa shape index (κ2) is 7.60. The molecule has 2 heterocycles. The monoisotopic (exact) mass is 375 g/mol. The third kappa shape index (κ3) is 2.92. The molecule has 0 aliphatic carbocycles. The van der Waals surface area contributed by atoms with Crippen LogP contribution < -0.4 is 0 Å². The van der Waals surface area contributed by atoms with Crippen LogP contribution in [0, 0.1) is 0 Å². The van der Waals surface area contributed by atoms with Crippen molar-refractivity contribution in [1.82, 2.24) is 14.5 Å². The number of methoxy groups -OCH3 is 1. The number of carbonyl (C=O) groups is 1. The van der Waals surface area contributed by atoms with Crippen molar-refractivity contribution in [3.63, 3.8) is 0 Å². The van der Waals surface area contributed by atoms with E-state index in [1.807, 2.05) is 48.3 Å². The number of carbonyl (C=O) groups excluding carboxylic acids is 1. The quantitative estimate of drug-likeness (QED) is 0.684. The van der Waals surface area contributed by atoms with Gasteiger partial charge in [0.25, 0.3) is 5.91 Å². The minimum absolute atomic E-state index is 0.0525. The van der Waals surface area contributed by atoms with Gasteiger partial charge >= 0.3 is 0 Å². The van der Waals surface area contributed by atoms with E-state index in [-0.39, 0.29) is 11.9 Å².